The summed E-state index contributed by atoms with van der Waals surface area (Å²) in [4.78, 5) is 0. The van der Waals surface area contributed by atoms with Gasteiger partial charge < -0.3 is 0 Å². The zero-order valence-corrected chi connectivity index (χ0v) is 17.3. The average molecular weight is 382 g/mol. The van der Waals surface area contributed by atoms with Crippen molar-refractivity contribution in [3.63, 3.8) is 0 Å². The largest absolute Gasteiger partial charge is 0.133 e. The van der Waals surface area contributed by atoms with Gasteiger partial charge in [0.25, 0.3) is 0 Å². The highest BCUT2D eigenvalue weighted by Gasteiger charge is 1.98. The summed E-state index contributed by atoms with van der Waals surface area (Å²) >= 11 is 0. The van der Waals surface area contributed by atoms with Crippen LogP contribution in [-0.4, -0.2) is 0 Å². The highest BCUT2D eigenvalue weighted by Crippen LogP contribution is 2.20. The predicted molar refractivity (Wildman–Crippen MR) is 125 cm³/mol. The molecule has 0 nitrogen and oxygen atoms in total. The van der Waals surface area contributed by atoms with Crippen molar-refractivity contribution in [2.45, 2.75) is 6.16 Å². The Bertz CT molecular complexity index is 1150. The quantitative estimate of drug-likeness (QED) is 0.304. The van der Waals surface area contributed by atoms with Crippen LogP contribution >= 0.6 is 18.5 Å². The van der Waals surface area contributed by atoms with E-state index in [1.165, 1.54) is 32.8 Å². The van der Waals surface area contributed by atoms with Crippen LogP contribution in [0.4, 0.5) is 0 Å². The van der Waals surface area contributed by atoms with Crippen LogP contribution in [-0.2, 0) is 6.16 Å². The maximum Gasteiger partial charge on any atom is 0.0255 e. The molecule has 27 heavy (non-hydrogen) atoms. The van der Waals surface area contributed by atoms with Crippen molar-refractivity contribution in [2.24, 2.45) is 0 Å². The summed E-state index contributed by atoms with van der Waals surface area (Å²) in [5, 5.41) is 3.69. The van der Waals surface area contributed by atoms with Crippen molar-refractivity contribution in [2.75, 3.05) is 0 Å². The van der Waals surface area contributed by atoms with E-state index in [9.17, 15) is 0 Å². The summed E-state index contributed by atoms with van der Waals surface area (Å²) in [7, 11) is 5.49. The van der Waals surface area contributed by atoms with Crippen molar-refractivity contribution in [3.8, 4) is 23.0 Å². The minimum atomic E-state index is 0.981. The van der Waals surface area contributed by atoms with Crippen molar-refractivity contribution in [3.05, 3.63) is 102 Å². The Morgan fingerprint density at radius 1 is 0.593 bits per heavy atom. The first-order valence-electron chi connectivity index (χ1n) is 8.92. The Hall–Kier alpha value is -2.44. The van der Waals surface area contributed by atoms with Crippen LogP contribution in [0.1, 0.15) is 16.7 Å². The van der Waals surface area contributed by atoms with Crippen LogP contribution < -0.4 is 5.30 Å². The molecule has 0 aliphatic rings. The molecule has 0 saturated heterocycles. The molecule has 0 fully saturated rings. The zero-order chi connectivity index (χ0) is 18.6. The molecule has 4 rings (SSSR count). The number of hydrogen-bond donors (Lipinski definition) is 0. The minimum absolute atomic E-state index is 0.981. The zero-order valence-electron chi connectivity index (χ0n) is 14.9. The summed E-state index contributed by atoms with van der Waals surface area (Å²) in [6.07, 6.45) is 0.981. The first-order chi connectivity index (χ1) is 13.2. The van der Waals surface area contributed by atoms with Gasteiger partial charge in [0.15, 0.2) is 0 Å². The maximum atomic E-state index is 3.29. The van der Waals surface area contributed by atoms with E-state index in [0.29, 0.717) is 0 Å². The van der Waals surface area contributed by atoms with Gasteiger partial charge in [0.1, 0.15) is 0 Å². The molecule has 2 unspecified atom stereocenters. The molecule has 4 aromatic carbocycles. The minimum Gasteiger partial charge on any atom is -0.133 e. The van der Waals surface area contributed by atoms with Gasteiger partial charge in [-0.25, -0.2) is 0 Å². The lowest BCUT2D eigenvalue weighted by Gasteiger charge is -2.02. The molecule has 0 saturated carbocycles. The van der Waals surface area contributed by atoms with Crippen molar-refractivity contribution < 1.29 is 0 Å². The van der Waals surface area contributed by atoms with E-state index < -0.39 is 0 Å². The Morgan fingerprint density at radius 2 is 1.15 bits per heavy atom. The van der Waals surface area contributed by atoms with Gasteiger partial charge >= 0.3 is 0 Å². The van der Waals surface area contributed by atoms with Crippen molar-refractivity contribution in [1.82, 2.24) is 0 Å². The van der Waals surface area contributed by atoms with Crippen molar-refractivity contribution >= 4 is 34.6 Å². The van der Waals surface area contributed by atoms with Gasteiger partial charge in [0.2, 0.25) is 0 Å². The highest BCUT2D eigenvalue weighted by atomic mass is 31.0. The average Bonchev–Trinajstić information content (AvgIpc) is 2.72. The van der Waals surface area contributed by atoms with Crippen LogP contribution in [0.5, 0.6) is 0 Å². The van der Waals surface area contributed by atoms with E-state index >= 15 is 0 Å². The normalized spacial score (nSPS) is 10.4. The SMILES string of the molecule is PCc1ccc2cc(C#Cc3ccc(-c4ccc(P)cc4)cc3)ccc2c1. The number of rotatable bonds is 2. The summed E-state index contributed by atoms with van der Waals surface area (Å²) in [6, 6.07) is 29.9. The maximum absolute atomic E-state index is 3.29. The van der Waals surface area contributed by atoms with Crippen LogP contribution in [0, 0.1) is 11.8 Å². The van der Waals surface area contributed by atoms with E-state index in [1.54, 1.807) is 0 Å². The van der Waals surface area contributed by atoms with Gasteiger partial charge in [-0.2, -0.15) is 0 Å². The van der Waals surface area contributed by atoms with Crippen molar-refractivity contribution in [1.29, 1.82) is 0 Å². The lowest BCUT2D eigenvalue weighted by Crippen LogP contribution is -1.88. The fourth-order valence-corrected chi connectivity index (χ4v) is 3.51. The van der Waals surface area contributed by atoms with Gasteiger partial charge in [0.05, 0.1) is 0 Å². The second kappa shape index (κ2) is 8.06. The van der Waals surface area contributed by atoms with Crippen LogP contribution in [0.3, 0.4) is 0 Å². The van der Waals surface area contributed by atoms with E-state index in [4.69, 9.17) is 0 Å². The second-order valence-electron chi connectivity index (χ2n) is 6.55. The Labute approximate surface area is 165 Å². The summed E-state index contributed by atoms with van der Waals surface area (Å²) in [5.74, 6) is 6.57. The topological polar surface area (TPSA) is 0 Å². The van der Waals surface area contributed by atoms with Crippen LogP contribution in [0.2, 0.25) is 0 Å². The number of benzene rings is 4. The fourth-order valence-electron chi connectivity index (χ4n) is 3.07. The number of fused-ring (bicyclic) bond motifs is 1. The highest BCUT2D eigenvalue weighted by molar-refractivity contribution is 7.27. The molecule has 0 aliphatic carbocycles. The molecular weight excluding hydrogens is 362 g/mol. The standard InChI is InChI=1S/C25H20P2/c26-17-20-6-10-23-15-19(5-9-24(23)16-20)2-1-18-3-7-21(8-4-18)22-11-13-25(27)14-12-22/h3-16H,17,26-27H2. The molecule has 130 valence electrons. The first kappa shape index (κ1) is 17.9. The Morgan fingerprint density at radius 3 is 1.85 bits per heavy atom. The monoisotopic (exact) mass is 382 g/mol. The lowest BCUT2D eigenvalue weighted by atomic mass is 10.0. The second-order valence-corrected chi connectivity index (χ2v) is 7.62. The van der Waals surface area contributed by atoms with E-state index in [1.807, 2.05) is 0 Å². The molecule has 0 bridgehead atoms. The molecule has 0 N–H and O–H groups in total. The van der Waals surface area contributed by atoms with Gasteiger partial charge in [-0.15, -0.1) is 18.5 Å². The molecule has 0 heterocycles. The molecule has 0 radical (unpaired) electrons. The Kier molecular flexibility index (Phi) is 5.36. The predicted octanol–water partition coefficient (Wildman–Crippen LogP) is 5.78. The summed E-state index contributed by atoms with van der Waals surface area (Å²) in [5.41, 5.74) is 5.83. The smallest absolute Gasteiger partial charge is 0.0255 e. The number of hydrogen-bond acceptors (Lipinski definition) is 0. The van der Waals surface area contributed by atoms with Gasteiger partial charge in [-0.1, -0.05) is 72.5 Å². The molecule has 0 aromatic heterocycles. The molecule has 4 aromatic rings. The van der Waals surface area contributed by atoms with E-state index in [0.717, 1.165) is 17.3 Å². The fraction of sp³-hybridized carbons (Fsp3) is 0.0400. The lowest BCUT2D eigenvalue weighted by molar-refractivity contribution is 1.44. The molecule has 0 amide bonds. The van der Waals surface area contributed by atoms with Gasteiger partial charge in [-0.05, 0) is 63.2 Å². The molecule has 0 spiro atoms. The third-order valence-corrected chi connectivity index (χ3v) is 5.48. The van der Waals surface area contributed by atoms with E-state index in [-0.39, 0.29) is 0 Å². The molecule has 0 aliphatic heterocycles. The van der Waals surface area contributed by atoms with Crippen LogP contribution in [0.15, 0.2) is 84.9 Å². The third kappa shape index (κ3) is 4.28. The van der Waals surface area contributed by atoms with Crippen LogP contribution in [0.25, 0.3) is 21.9 Å². The molecule has 2 atom stereocenters. The first-order valence-corrected chi connectivity index (χ1v) is 10.3. The van der Waals surface area contributed by atoms with Gasteiger partial charge in [0, 0.05) is 11.1 Å². The summed E-state index contributed by atoms with van der Waals surface area (Å²) < 4.78 is 0. The van der Waals surface area contributed by atoms with Gasteiger partial charge in [-0.3, -0.25) is 0 Å². The summed E-state index contributed by atoms with van der Waals surface area (Å²) in [6.45, 7) is 0. The molecular formula is C25H20P2. The Balaban J connectivity index is 1.57. The molecule has 2 heteroatoms. The third-order valence-electron chi connectivity index (χ3n) is 4.62. The van der Waals surface area contributed by atoms with E-state index in [2.05, 4.69) is 115 Å².